The van der Waals surface area contributed by atoms with Crippen molar-refractivity contribution in [2.24, 2.45) is 4.99 Å². The summed E-state index contributed by atoms with van der Waals surface area (Å²) in [5, 5.41) is 14.4. The summed E-state index contributed by atoms with van der Waals surface area (Å²) in [6.45, 7) is 0. The Morgan fingerprint density at radius 3 is 2.31 bits per heavy atom. The van der Waals surface area contributed by atoms with Gasteiger partial charge in [0.25, 0.3) is 0 Å². The molecule has 1 rings (SSSR count). The first-order valence-corrected chi connectivity index (χ1v) is 3.16. The molecule has 0 amide bonds. The average Bonchev–Trinajstić information content (AvgIpc) is 2.11. The molecule has 0 heterocycles. The van der Waals surface area contributed by atoms with Crippen molar-refractivity contribution in [1.29, 1.82) is 5.41 Å². The summed E-state index contributed by atoms with van der Waals surface area (Å²) in [5.41, 5.74) is 0.248. The zero-order valence-corrected chi connectivity index (χ0v) is 6.52. The summed E-state index contributed by atoms with van der Waals surface area (Å²) >= 11 is 0. The highest BCUT2D eigenvalue weighted by atomic mass is 16.3. The predicted octanol–water partition coefficient (Wildman–Crippen LogP) is 1.26. The Hall–Kier alpha value is -2.22. The number of hydrogen-bond acceptors (Lipinski definition) is 5. The van der Waals surface area contributed by atoms with Crippen molar-refractivity contribution >= 4 is 17.8 Å². The van der Waals surface area contributed by atoms with Crippen LogP contribution in [-0.2, 0) is 9.59 Å². The SMILES string of the molecule is N=C=O.O=C=Nc1ccccc1O. The molecule has 0 fully saturated rings. The van der Waals surface area contributed by atoms with E-state index < -0.39 is 0 Å². The van der Waals surface area contributed by atoms with Gasteiger partial charge in [-0.3, -0.25) is 0 Å². The molecule has 0 spiro atoms. The number of para-hydroxylation sites is 2. The van der Waals surface area contributed by atoms with Gasteiger partial charge < -0.3 is 5.11 Å². The van der Waals surface area contributed by atoms with E-state index in [1.807, 2.05) is 0 Å². The third-order valence-corrected chi connectivity index (χ3v) is 1.05. The van der Waals surface area contributed by atoms with E-state index >= 15 is 0 Å². The molecule has 0 aliphatic carbocycles. The molecule has 0 saturated heterocycles. The third kappa shape index (κ3) is 4.27. The van der Waals surface area contributed by atoms with Crippen molar-refractivity contribution in [1.82, 2.24) is 0 Å². The van der Waals surface area contributed by atoms with E-state index in [1.165, 1.54) is 18.2 Å². The Bertz CT molecular complexity index is 350. The number of aromatic hydroxyl groups is 1. The van der Waals surface area contributed by atoms with Crippen LogP contribution in [0.15, 0.2) is 29.3 Å². The lowest BCUT2D eigenvalue weighted by atomic mass is 10.3. The highest BCUT2D eigenvalue weighted by Gasteiger charge is 1.93. The summed E-state index contributed by atoms with van der Waals surface area (Å²) < 4.78 is 0. The van der Waals surface area contributed by atoms with E-state index in [4.69, 9.17) is 15.3 Å². The summed E-state index contributed by atoms with van der Waals surface area (Å²) in [7, 11) is 0. The Morgan fingerprint density at radius 1 is 1.31 bits per heavy atom. The molecule has 1 aromatic carbocycles. The summed E-state index contributed by atoms with van der Waals surface area (Å²) in [5.74, 6) is -0.00847. The van der Waals surface area contributed by atoms with Crippen LogP contribution < -0.4 is 0 Å². The zero-order chi connectivity index (χ0) is 10.1. The van der Waals surface area contributed by atoms with E-state index in [0.717, 1.165) is 6.08 Å². The smallest absolute Gasteiger partial charge is 0.240 e. The van der Waals surface area contributed by atoms with Crippen LogP contribution in [0.1, 0.15) is 0 Å². The topological polar surface area (TPSA) is 90.6 Å². The second-order valence-electron chi connectivity index (χ2n) is 1.79. The van der Waals surface area contributed by atoms with Crippen molar-refractivity contribution < 1.29 is 14.7 Å². The predicted molar refractivity (Wildman–Crippen MR) is 44.3 cm³/mol. The minimum absolute atomic E-state index is 0.00847. The van der Waals surface area contributed by atoms with Crippen molar-refractivity contribution in [2.45, 2.75) is 0 Å². The van der Waals surface area contributed by atoms with Crippen LogP contribution in [0.25, 0.3) is 0 Å². The number of rotatable bonds is 1. The quantitative estimate of drug-likeness (QED) is 0.501. The maximum Gasteiger partial charge on any atom is 0.240 e. The Kier molecular flexibility index (Phi) is 5.38. The fourth-order valence-electron chi connectivity index (χ4n) is 0.608. The second-order valence-corrected chi connectivity index (χ2v) is 1.79. The van der Waals surface area contributed by atoms with E-state index in [2.05, 4.69) is 4.99 Å². The average molecular weight is 178 g/mol. The number of carbonyl (C=O) groups excluding carboxylic acids is 2. The maximum atomic E-state index is 9.72. The highest BCUT2D eigenvalue weighted by molar-refractivity contribution is 5.56. The molecule has 1 aromatic rings. The van der Waals surface area contributed by atoms with Crippen LogP contribution in [0.5, 0.6) is 5.75 Å². The summed E-state index contributed by atoms with van der Waals surface area (Å²) in [6.07, 6.45) is 2.09. The number of nitrogens with zero attached hydrogens (tertiary/aromatic N) is 1. The molecule has 2 N–H and O–H groups in total. The van der Waals surface area contributed by atoms with Crippen molar-refractivity contribution in [3.05, 3.63) is 24.3 Å². The van der Waals surface area contributed by atoms with Crippen LogP contribution in [0, 0.1) is 5.41 Å². The van der Waals surface area contributed by atoms with Gasteiger partial charge in [0.05, 0.1) is 0 Å². The Morgan fingerprint density at radius 2 is 1.85 bits per heavy atom. The van der Waals surface area contributed by atoms with Gasteiger partial charge in [0.1, 0.15) is 11.4 Å². The number of aliphatic imine (C=N–C) groups is 1. The first kappa shape index (κ1) is 10.8. The molecule has 0 unspecified atom stereocenters. The molecule has 5 nitrogen and oxygen atoms in total. The van der Waals surface area contributed by atoms with Crippen molar-refractivity contribution in [2.75, 3.05) is 0 Å². The molecule has 5 heteroatoms. The van der Waals surface area contributed by atoms with Crippen LogP contribution in [0.3, 0.4) is 0 Å². The van der Waals surface area contributed by atoms with Gasteiger partial charge in [0.15, 0.2) is 0 Å². The molecular weight excluding hydrogens is 172 g/mol. The third-order valence-electron chi connectivity index (χ3n) is 1.05. The summed E-state index contributed by atoms with van der Waals surface area (Å²) in [6, 6.07) is 6.31. The largest absolute Gasteiger partial charge is 0.506 e. The molecule has 13 heavy (non-hydrogen) atoms. The normalized spacial score (nSPS) is 7.08. The van der Waals surface area contributed by atoms with Crippen LogP contribution in [0.2, 0.25) is 0 Å². The number of phenols is 1. The lowest BCUT2D eigenvalue weighted by Crippen LogP contribution is -1.64. The highest BCUT2D eigenvalue weighted by Crippen LogP contribution is 2.23. The van der Waals surface area contributed by atoms with Gasteiger partial charge >= 0.3 is 0 Å². The molecular formula is C8H6N2O3. The molecule has 0 atom stereocenters. The molecule has 0 radical (unpaired) electrons. The fourth-order valence-corrected chi connectivity index (χ4v) is 0.608. The zero-order valence-electron chi connectivity index (χ0n) is 6.52. The van der Waals surface area contributed by atoms with Crippen molar-refractivity contribution in [3.63, 3.8) is 0 Å². The standard InChI is InChI=1S/C7H5NO2.CHNO/c9-5-8-6-3-1-2-4-7(6)10;2-1-3/h1-4,10H;2H. The molecule has 0 saturated carbocycles. The van der Waals surface area contributed by atoms with Gasteiger partial charge in [0, 0.05) is 0 Å². The van der Waals surface area contributed by atoms with Gasteiger partial charge in [-0.2, -0.15) is 4.99 Å². The number of isocyanates is 2. The van der Waals surface area contributed by atoms with Crippen molar-refractivity contribution in [3.8, 4) is 5.75 Å². The minimum Gasteiger partial charge on any atom is -0.506 e. The lowest BCUT2D eigenvalue weighted by Gasteiger charge is -1.91. The van der Waals surface area contributed by atoms with Gasteiger partial charge in [0.2, 0.25) is 12.2 Å². The Labute approximate surface area is 73.9 Å². The Balaban J connectivity index is 0.000000424. The van der Waals surface area contributed by atoms with Crippen LogP contribution >= 0.6 is 0 Å². The molecule has 0 bridgehead atoms. The van der Waals surface area contributed by atoms with Crippen LogP contribution in [0.4, 0.5) is 5.69 Å². The number of phenolic OH excluding ortho intramolecular Hbond substituents is 1. The van der Waals surface area contributed by atoms with Gasteiger partial charge in [-0.15, -0.1) is 0 Å². The summed E-state index contributed by atoms with van der Waals surface area (Å²) in [4.78, 5) is 21.3. The number of hydrogen-bond donors (Lipinski definition) is 2. The van der Waals surface area contributed by atoms with E-state index in [9.17, 15) is 4.79 Å². The molecule has 0 aliphatic heterocycles. The second kappa shape index (κ2) is 6.49. The van der Waals surface area contributed by atoms with E-state index in [0.29, 0.717) is 0 Å². The monoisotopic (exact) mass is 178 g/mol. The fraction of sp³-hybridized carbons (Fsp3) is 0. The van der Waals surface area contributed by atoms with Crippen LogP contribution in [-0.4, -0.2) is 17.3 Å². The van der Waals surface area contributed by atoms with E-state index in [-0.39, 0.29) is 11.4 Å². The first-order chi connectivity index (χ1) is 6.26. The number of benzene rings is 1. The molecule has 0 aliphatic rings. The maximum absolute atomic E-state index is 9.72. The lowest BCUT2D eigenvalue weighted by molar-refractivity contribution is 0.476. The first-order valence-electron chi connectivity index (χ1n) is 3.16. The van der Waals surface area contributed by atoms with Gasteiger partial charge in [-0.05, 0) is 12.1 Å². The van der Waals surface area contributed by atoms with Gasteiger partial charge in [-0.1, -0.05) is 12.1 Å². The molecule has 66 valence electrons. The minimum atomic E-state index is -0.00847. The van der Waals surface area contributed by atoms with E-state index in [1.54, 1.807) is 12.1 Å². The van der Waals surface area contributed by atoms with Gasteiger partial charge in [-0.25, -0.2) is 15.0 Å². The molecule has 0 aromatic heterocycles. The number of nitrogens with one attached hydrogen (secondary N) is 1.